The minimum Gasteiger partial charge on any atom is -0.493 e. The lowest BCUT2D eigenvalue weighted by molar-refractivity contribution is 0.0706. The first-order valence-electron chi connectivity index (χ1n) is 9.23. The number of nitrogens with zero attached hydrogens (tertiary/aromatic N) is 2. The number of hydrogen-bond acceptors (Lipinski definition) is 3. The average molecular weight is 339 g/mol. The molecule has 1 aliphatic heterocycles. The third-order valence-electron chi connectivity index (χ3n) is 5.14. The van der Waals surface area contributed by atoms with Gasteiger partial charge in [-0.1, -0.05) is 0 Å². The lowest BCUT2D eigenvalue weighted by Gasteiger charge is -2.32. The fraction of sp³-hybridized carbons (Fsp3) is 0.500. The van der Waals surface area contributed by atoms with Gasteiger partial charge in [0.15, 0.2) is 0 Å². The van der Waals surface area contributed by atoms with Crippen LogP contribution in [0, 0.1) is 12.8 Å². The van der Waals surface area contributed by atoms with E-state index in [1.54, 1.807) is 0 Å². The van der Waals surface area contributed by atoms with Crippen LogP contribution in [0.1, 0.15) is 53.3 Å². The second-order valence-corrected chi connectivity index (χ2v) is 7.34. The number of amides is 1. The highest BCUT2D eigenvalue weighted by Gasteiger charge is 2.27. The van der Waals surface area contributed by atoms with Crippen LogP contribution in [-0.4, -0.2) is 40.7 Å². The van der Waals surface area contributed by atoms with Crippen molar-refractivity contribution in [3.63, 3.8) is 0 Å². The van der Waals surface area contributed by atoms with E-state index < -0.39 is 0 Å². The quantitative estimate of drug-likeness (QED) is 0.906. The van der Waals surface area contributed by atoms with Crippen LogP contribution in [0.5, 0.6) is 5.75 Å². The SMILES string of the molecule is Cc1cc([C@H]2CCCN(C(=O)c3ccc(OCC4CC4)cc3)C2)n[nH]1. The minimum atomic E-state index is 0.103. The maximum atomic E-state index is 12.8. The molecule has 132 valence electrons. The molecule has 1 atom stereocenters. The highest BCUT2D eigenvalue weighted by Crippen LogP contribution is 2.30. The number of carbonyl (C=O) groups is 1. The Morgan fingerprint density at radius 2 is 2.08 bits per heavy atom. The van der Waals surface area contributed by atoms with Crippen molar-refractivity contribution in [1.29, 1.82) is 0 Å². The molecule has 1 aromatic heterocycles. The molecule has 1 amide bonds. The zero-order valence-corrected chi connectivity index (χ0v) is 14.7. The monoisotopic (exact) mass is 339 g/mol. The molecule has 5 nitrogen and oxygen atoms in total. The summed E-state index contributed by atoms with van der Waals surface area (Å²) in [5, 5.41) is 7.38. The van der Waals surface area contributed by atoms with E-state index in [-0.39, 0.29) is 5.91 Å². The molecule has 25 heavy (non-hydrogen) atoms. The van der Waals surface area contributed by atoms with Gasteiger partial charge in [-0.3, -0.25) is 9.89 Å². The number of aromatic nitrogens is 2. The molecule has 2 aromatic rings. The largest absolute Gasteiger partial charge is 0.493 e. The van der Waals surface area contributed by atoms with Crippen LogP contribution in [0.25, 0.3) is 0 Å². The van der Waals surface area contributed by atoms with Crippen molar-refractivity contribution < 1.29 is 9.53 Å². The Labute approximate surface area is 148 Å². The molecule has 2 aliphatic rings. The number of carbonyl (C=O) groups excluding carboxylic acids is 1. The topological polar surface area (TPSA) is 58.2 Å². The standard InChI is InChI=1S/C20H25N3O2/c1-14-11-19(22-21-14)17-3-2-10-23(12-17)20(24)16-6-8-18(9-7-16)25-13-15-4-5-15/h6-9,11,15,17H,2-5,10,12-13H2,1H3,(H,21,22)/t17-/m0/s1. The van der Waals surface area contributed by atoms with Crippen LogP contribution in [0.2, 0.25) is 0 Å². The van der Waals surface area contributed by atoms with Gasteiger partial charge in [0.25, 0.3) is 5.91 Å². The van der Waals surface area contributed by atoms with Crippen LogP contribution in [0.4, 0.5) is 0 Å². The number of aromatic amines is 1. The fourth-order valence-corrected chi connectivity index (χ4v) is 3.43. The summed E-state index contributed by atoms with van der Waals surface area (Å²) < 4.78 is 5.75. The Kier molecular flexibility index (Phi) is 4.47. The summed E-state index contributed by atoms with van der Waals surface area (Å²) in [6, 6.07) is 9.67. The van der Waals surface area contributed by atoms with Gasteiger partial charge >= 0.3 is 0 Å². The van der Waals surface area contributed by atoms with E-state index in [9.17, 15) is 4.79 Å². The summed E-state index contributed by atoms with van der Waals surface area (Å²) in [5.74, 6) is 2.01. The Hall–Kier alpha value is -2.30. The summed E-state index contributed by atoms with van der Waals surface area (Å²) in [5.41, 5.74) is 2.87. The molecule has 2 fully saturated rings. The van der Waals surface area contributed by atoms with Crippen molar-refractivity contribution in [2.24, 2.45) is 5.92 Å². The lowest BCUT2D eigenvalue weighted by atomic mass is 9.94. The number of aryl methyl sites for hydroxylation is 1. The molecule has 1 saturated carbocycles. The van der Waals surface area contributed by atoms with Gasteiger partial charge in [-0.05, 0) is 68.9 Å². The van der Waals surface area contributed by atoms with Crippen molar-refractivity contribution in [3.05, 3.63) is 47.3 Å². The maximum Gasteiger partial charge on any atom is 0.253 e. The van der Waals surface area contributed by atoms with Gasteiger partial charge in [0.2, 0.25) is 0 Å². The van der Waals surface area contributed by atoms with Crippen LogP contribution in [0.15, 0.2) is 30.3 Å². The first-order chi connectivity index (χ1) is 12.2. The summed E-state index contributed by atoms with van der Waals surface area (Å²) >= 11 is 0. The molecule has 2 heterocycles. The minimum absolute atomic E-state index is 0.103. The summed E-state index contributed by atoms with van der Waals surface area (Å²) in [4.78, 5) is 14.8. The summed E-state index contributed by atoms with van der Waals surface area (Å²) in [7, 11) is 0. The highest BCUT2D eigenvalue weighted by molar-refractivity contribution is 5.94. The molecule has 5 heteroatoms. The number of piperidine rings is 1. The van der Waals surface area contributed by atoms with Gasteiger partial charge in [-0.15, -0.1) is 0 Å². The number of benzene rings is 1. The maximum absolute atomic E-state index is 12.8. The van der Waals surface area contributed by atoms with Crippen LogP contribution >= 0.6 is 0 Å². The van der Waals surface area contributed by atoms with Gasteiger partial charge < -0.3 is 9.64 Å². The highest BCUT2D eigenvalue weighted by atomic mass is 16.5. The molecule has 0 bridgehead atoms. The van der Waals surface area contributed by atoms with E-state index in [2.05, 4.69) is 16.3 Å². The van der Waals surface area contributed by atoms with Crippen molar-refractivity contribution >= 4 is 5.91 Å². The Balaban J connectivity index is 1.39. The van der Waals surface area contributed by atoms with E-state index in [1.807, 2.05) is 36.1 Å². The fourth-order valence-electron chi connectivity index (χ4n) is 3.43. The Morgan fingerprint density at radius 1 is 1.28 bits per heavy atom. The molecule has 1 aromatic carbocycles. The first-order valence-corrected chi connectivity index (χ1v) is 9.23. The zero-order valence-electron chi connectivity index (χ0n) is 14.7. The van der Waals surface area contributed by atoms with Crippen molar-refractivity contribution in [2.45, 2.75) is 38.5 Å². The molecule has 1 aliphatic carbocycles. The third kappa shape index (κ3) is 3.86. The Bertz CT molecular complexity index is 734. The van der Waals surface area contributed by atoms with Gasteiger partial charge in [-0.2, -0.15) is 5.10 Å². The van der Waals surface area contributed by atoms with E-state index >= 15 is 0 Å². The number of H-pyrrole nitrogens is 1. The second-order valence-electron chi connectivity index (χ2n) is 7.34. The number of likely N-dealkylation sites (tertiary alicyclic amines) is 1. The first kappa shape index (κ1) is 16.2. The van der Waals surface area contributed by atoms with Crippen LogP contribution in [0.3, 0.4) is 0 Å². The molecule has 0 radical (unpaired) electrons. The molecule has 1 saturated heterocycles. The molecular formula is C20H25N3O2. The van der Waals surface area contributed by atoms with Crippen molar-refractivity contribution in [1.82, 2.24) is 15.1 Å². The predicted molar refractivity (Wildman–Crippen MR) is 95.9 cm³/mol. The van der Waals surface area contributed by atoms with Crippen molar-refractivity contribution in [3.8, 4) is 5.75 Å². The van der Waals surface area contributed by atoms with E-state index in [1.165, 1.54) is 12.8 Å². The summed E-state index contributed by atoms with van der Waals surface area (Å²) in [6.45, 7) is 4.36. The number of ether oxygens (including phenoxy) is 1. The van der Waals surface area contributed by atoms with Crippen molar-refractivity contribution in [2.75, 3.05) is 19.7 Å². The molecule has 1 N–H and O–H groups in total. The number of rotatable bonds is 5. The van der Waals surface area contributed by atoms with Crippen LogP contribution < -0.4 is 4.74 Å². The van der Waals surface area contributed by atoms with E-state index in [0.29, 0.717) is 5.92 Å². The van der Waals surface area contributed by atoms with Gasteiger partial charge in [0.05, 0.1) is 12.3 Å². The van der Waals surface area contributed by atoms with Gasteiger partial charge in [0, 0.05) is 30.3 Å². The Morgan fingerprint density at radius 3 is 2.76 bits per heavy atom. The zero-order chi connectivity index (χ0) is 17.2. The summed E-state index contributed by atoms with van der Waals surface area (Å²) in [6.07, 6.45) is 4.66. The predicted octanol–water partition coefficient (Wildman–Crippen LogP) is 3.53. The number of nitrogens with one attached hydrogen (secondary N) is 1. The average Bonchev–Trinajstić information content (AvgIpc) is 3.39. The number of hydrogen-bond donors (Lipinski definition) is 1. The molecule has 0 spiro atoms. The van der Waals surface area contributed by atoms with Gasteiger partial charge in [0.1, 0.15) is 5.75 Å². The normalized spacial score (nSPS) is 20.5. The lowest BCUT2D eigenvalue weighted by Crippen LogP contribution is -2.39. The smallest absolute Gasteiger partial charge is 0.253 e. The third-order valence-corrected chi connectivity index (χ3v) is 5.14. The second kappa shape index (κ2) is 6.90. The molecular weight excluding hydrogens is 314 g/mol. The molecule has 4 rings (SSSR count). The van der Waals surface area contributed by atoms with E-state index in [4.69, 9.17) is 4.74 Å². The van der Waals surface area contributed by atoms with E-state index in [0.717, 1.165) is 61.2 Å². The molecule has 0 unspecified atom stereocenters. The van der Waals surface area contributed by atoms with Gasteiger partial charge in [-0.25, -0.2) is 0 Å². The van der Waals surface area contributed by atoms with Crippen LogP contribution in [-0.2, 0) is 0 Å².